The van der Waals surface area contributed by atoms with Crippen molar-refractivity contribution in [3.63, 3.8) is 0 Å². The highest BCUT2D eigenvalue weighted by Gasteiger charge is 2.53. The van der Waals surface area contributed by atoms with Crippen molar-refractivity contribution in [3.05, 3.63) is 18.0 Å². The summed E-state index contributed by atoms with van der Waals surface area (Å²) in [7, 11) is 1.16. The molecule has 0 N–H and O–H groups in total. The summed E-state index contributed by atoms with van der Waals surface area (Å²) in [6.07, 6.45) is -5.31. The molecule has 5 atom stereocenters. The Morgan fingerprint density at radius 3 is 2.00 bits per heavy atom. The Morgan fingerprint density at radius 2 is 1.47 bits per heavy atom. The fourth-order valence-corrected chi connectivity index (χ4v) is 3.19. The van der Waals surface area contributed by atoms with E-state index in [1.807, 2.05) is 0 Å². The summed E-state index contributed by atoms with van der Waals surface area (Å²) < 4.78 is 32.7. The molecule has 0 amide bonds. The lowest BCUT2D eigenvalue weighted by atomic mass is 9.97. The van der Waals surface area contributed by atoms with Gasteiger partial charge in [-0.15, -0.1) is 0 Å². The van der Waals surface area contributed by atoms with E-state index in [4.69, 9.17) is 28.4 Å². The number of methoxy groups -OCH3 is 1. The fourth-order valence-electron chi connectivity index (χ4n) is 3.19. The number of ether oxygens (including phenoxy) is 6. The molecule has 0 radical (unpaired) electrons. The van der Waals surface area contributed by atoms with Crippen LogP contribution in [0.4, 0.5) is 0 Å². The molecule has 0 aromatic carbocycles. The van der Waals surface area contributed by atoms with Gasteiger partial charge in [0, 0.05) is 33.9 Å². The van der Waals surface area contributed by atoms with E-state index in [1.165, 1.54) is 12.3 Å². The van der Waals surface area contributed by atoms with E-state index in [0.29, 0.717) is 0 Å². The van der Waals surface area contributed by atoms with Crippen LogP contribution >= 0.6 is 0 Å². The molecular weight excluding hydrogens is 432 g/mol. The third kappa shape index (κ3) is 6.03. The number of hydrogen-bond acceptors (Lipinski definition) is 12. The van der Waals surface area contributed by atoms with Crippen molar-refractivity contribution in [2.24, 2.45) is 0 Å². The van der Waals surface area contributed by atoms with Gasteiger partial charge in [0.15, 0.2) is 24.5 Å². The number of aromatic nitrogens is 2. The lowest BCUT2D eigenvalue weighted by molar-refractivity contribution is -0.270. The van der Waals surface area contributed by atoms with E-state index in [0.717, 1.165) is 39.5 Å². The largest absolute Gasteiger partial charge is 0.464 e. The molecule has 2 heterocycles. The predicted molar refractivity (Wildman–Crippen MR) is 101 cm³/mol. The Morgan fingerprint density at radius 1 is 0.906 bits per heavy atom. The van der Waals surface area contributed by atoms with Crippen molar-refractivity contribution >= 4 is 29.8 Å². The Balaban J connectivity index is 2.59. The first-order valence-electron chi connectivity index (χ1n) is 9.47. The first-order chi connectivity index (χ1) is 15.0. The lowest BCUT2D eigenvalue weighted by Gasteiger charge is -2.44. The molecule has 1 saturated heterocycles. The minimum absolute atomic E-state index is 0.0617. The van der Waals surface area contributed by atoms with E-state index < -0.39 is 67.1 Å². The number of nitrogens with zero attached hydrogens (tertiary/aromatic N) is 2. The van der Waals surface area contributed by atoms with E-state index in [-0.39, 0.29) is 5.69 Å². The van der Waals surface area contributed by atoms with Gasteiger partial charge >= 0.3 is 29.8 Å². The minimum atomic E-state index is -1.39. The smallest absolute Gasteiger partial charge is 0.356 e. The molecule has 0 aliphatic carbocycles. The van der Waals surface area contributed by atoms with Crippen LogP contribution in [0.1, 0.15) is 44.4 Å². The van der Waals surface area contributed by atoms with Crippen molar-refractivity contribution in [2.45, 2.75) is 58.3 Å². The highest BCUT2D eigenvalue weighted by molar-refractivity contribution is 5.87. The fraction of sp³-hybridized carbons (Fsp3) is 0.579. The highest BCUT2D eigenvalue weighted by atomic mass is 16.7. The van der Waals surface area contributed by atoms with Gasteiger partial charge in [-0.05, 0) is 6.07 Å². The molecule has 0 unspecified atom stereocenters. The van der Waals surface area contributed by atoms with Crippen LogP contribution in [-0.4, -0.2) is 77.8 Å². The van der Waals surface area contributed by atoms with Crippen LogP contribution < -0.4 is 0 Å². The summed E-state index contributed by atoms with van der Waals surface area (Å²) in [6, 6.07) is 1.33. The zero-order valence-electron chi connectivity index (χ0n) is 18.1. The summed E-state index contributed by atoms with van der Waals surface area (Å²) in [5, 5.41) is 4.04. The van der Waals surface area contributed by atoms with E-state index in [2.05, 4.69) is 5.10 Å². The van der Waals surface area contributed by atoms with Gasteiger partial charge in [-0.3, -0.25) is 19.2 Å². The third-order valence-corrected chi connectivity index (χ3v) is 4.27. The van der Waals surface area contributed by atoms with Gasteiger partial charge in [0.2, 0.25) is 0 Å². The first kappa shape index (κ1) is 24.8. The first-order valence-corrected chi connectivity index (χ1v) is 9.47. The van der Waals surface area contributed by atoms with Crippen molar-refractivity contribution in [2.75, 3.05) is 13.7 Å². The summed E-state index contributed by atoms with van der Waals surface area (Å²) in [6.45, 7) is 4.09. The molecule has 32 heavy (non-hydrogen) atoms. The Kier molecular flexibility index (Phi) is 8.29. The van der Waals surface area contributed by atoms with Gasteiger partial charge in [0.25, 0.3) is 0 Å². The second-order valence-corrected chi connectivity index (χ2v) is 6.74. The molecule has 0 saturated carbocycles. The molecule has 1 fully saturated rings. The molecule has 176 valence electrons. The topological polar surface area (TPSA) is 159 Å². The van der Waals surface area contributed by atoms with Crippen molar-refractivity contribution in [3.8, 4) is 0 Å². The second-order valence-electron chi connectivity index (χ2n) is 6.74. The molecular formula is C19H24N2O11. The van der Waals surface area contributed by atoms with Crippen molar-refractivity contribution in [1.29, 1.82) is 0 Å². The van der Waals surface area contributed by atoms with E-state index in [1.54, 1.807) is 0 Å². The molecule has 1 aromatic rings. The summed E-state index contributed by atoms with van der Waals surface area (Å²) in [5.41, 5.74) is -0.0617. The zero-order chi connectivity index (χ0) is 24.0. The molecule has 0 bridgehead atoms. The SMILES string of the molecule is COC(=O)c1ccnn1[C@@H]1O[C@H](COC(C)=O)[C@@H](OC(C)=O)[C@H](OC(C)=O)[C@H]1OC(C)=O. The molecule has 2 rings (SSSR count). The van der Waals surface area contributed by atoms with Gasteiger partial charge in [0.1, 0.15) is 18.4 Å². The van der Waals surface area contributed by atoms with Gasteiger partial charge in [-0.1, -0.05) is 0 Å². The standard InChI is InChI=1S/C19H24N2O11/c1-9(22)28-8-14-15(29-10(2)23)16(30-11(3)24)17(31-12(4)25)18(32-14)21-13(6-7-20-21)19(26)27-5/h6-7,14-18H,8H2,1-5H3/t14-,15-,16+,17-,18-/m1/s1. The lowest BCUT2D eigenvalue weighted by Crippen LogP contribution is -2.60. The maximum atomic E-state index is 12.2. The van der Waals surface area contributed by atoms with Gasteiger partial charge in [-0.2, -0.15) is 5.10 Å². The predicted octanol–water partition coefficient (Wildman–Crippen LogP) is -0.0747. The Labute approximate surface area is 182 Å². The minimum Gasteiger partial charge on any atom is -0.464 e. The van der Waals surface area contributed by atoms with E-state index >= 15 is 0 Å². The molecule has 0 spiro atoms. The number of esters is 5. The van der Waals surface area contributed by atoms with Crippen LogP contribution in [0.15, 0.2) is 12.3 Å². The number of carbonyl (C=O) groups excluding carboxylic acids is 5. The Bertz CT molecular complexity index is 880. The van der Waals surface area contributed by atoms with Crippen molar-refractivity contribution < 1.29 is 52.4 Å². The molecule has 1 aliphatic heterocycles. The zero-order valence-corrected chi connectivity index (χ0v) is 18.1. The maximum Gasteiger partial charge on any atom is 0.356 e. The van der Waals surface area contributed by atoms with Crippen molar-refractivity contribution in [1.82, 2.24) is 9.78 Å². The monoisotopic (exact) mass is 456 g/mol. The number of hydrogen-bond donors (Lipinski definition) is 0. The van der Waals surface area contributed by atoms with Gasteiger partial charge in [0.05, 0.1) is 7.11 Å². The molecule has 13 nitrogen and oxygen atoms in total. The van der Waals surface area contributed by atoms with E-state index in [9.17, 15) is 24.0 Å². The summed E-state index contributed by atoms with van der Waals surface area (Å²) >= 11 is 0. The third-order valence-electron chi connectivity index (χ3n) is 4.27. The highest BCUT2D eigenvalue weighted by Crippen LogP contribution is 2.35. The van der Waals surface area contributed by atoms with Crippen LogP contribution in [0.25, 0.3) is 0 Å². The molecule has 1 aliphatic rings. The van der Waals surface area contributed by atoms with Crippen LogP contribution in [0, 0.1) is 0 Å². The molecule has 1 aromatic heterocycles. The normalized spacial score (nSPS) is 24.7. The van der Waals surface area contributed by atoms with Crippen LogP contribution in [0.3, 0.4) is 0 Å². The molecule has 13 heteroatoms. The summed E-state index contributed by atoms with van der Waals surface area (Å²) in [5.74, 6) is -3.71. The number of carbonyl (C=O) groups is 5. The van der Waals surface area contributed by atoms with Crippen LogP contribution in [-0.2, 0) is 47.6 Å². The van der Waals surface area contributed by atoms with Gasteiger partial charge in [-0.25, -0.2) is 9.48 Å². The summed E-state index contributed by atoms with van der Waals surface area (Å²) in [4.78, 5) is 58.9. The quantitative estimate of drug-likeness (QED) is 0.397. The van der Waals surface area contributed by atoms with Crippen LogP contribution in [0.5, 0.6) is 0 Å². The van der Waals surface area contributed by atoms with Crippen LogP contribution in [0.2, 0.25) is 0 Å². The van der Waals surface area contributed by atoms with Gasteiger partial charge < -0.3 is 28.4 Å². The number of rotatable bonds is 7. The average Bonchev–Trinajstić information content (AvgIpc) is 3.17. The average molecular weight is 456 g/mol. The maximum absolute atomic E-state index is 12.2. The second kappa shape index (κ2) is 10.7. The Hall–Kier alpha value is -3.48.